The van der Waals surface area contributed by atoms with E-state index in [2.05, 4.69) is 10.6 Å². The van der Waals surface area contributed by atoms with Crippen LogP contribution in [0.15, 0.2) is 18.2 Å². The fraction of sp³-hybridized carbons (Fsp3) is 0.429. The fourth-order valence-electron chi connectivity index (χ4n) is 2.27. The van der Waals surface area contributed by atoms with E-state index in [9.17, 15) is 14.0 Å². The van der Waals surface area contributed by atoms with E-state index in [1.807, 2.05) is 0 Å². The molecule has 0 bridgehead atoms. The number of anilines is 1. The highest BCUT2D eigenvalue weighted by atomic mass is 35.5. The summed E-state index contributed by atoms with van der Waals surface area (Å²) in [4.78, 5) is 23.4. The standard InChI is InChI=1S/C14H16ClFN2O2/c15-9-6-7-12(11(16)8-9)18-14(20)13(19)17-10-4-2-1-3-5-10/h6-8,10H,1-5H2,(H,17,19)(H,18,20). The molecule has 6 heteroatoms. The van der Waals surface area contributed by atoms with Crippen molar-refractivity contribution in [2.45, 2.75) is 38.1 Å². The summed E-state index contributed by atoms with van der Waals surface area (Å²) >= 11 is 5.61. The summed E-state index contributed by atoms with van der Waals surface area (Å²) in [6.45, 7) is 0. The Labute approximate surface area is 121 Å². The molecule has 108 valence electrons. The van der Waals surface area contributed by atoms with Crippen molar-refractivity contribution in [1.82, 2.24) is 5.32 Å². The van der Waals surface area contributed by atoms with Crippen molar-refractivity contribution in [3.63, 3.8) is 0 Å². The van der Waals surface area contributed by atoms with Gasteiger partial charge < -0.3 is 10.6 Å². The number of rotatable bonds is 2. The molecule has 0 atom stereocenters. The van der Waals surface area contributed by atoms with Crippen LogP contribution in [-0.2, 0) is 9.59 Å². The Kier molecular flexibility index (Phi) is 4.95. The van der Waals surface area contributed by atoms with Crippen molar-refractivity contribution in [3.8, 4) is 0 Å². The van der Waals surface area contributed by atoms with Crippen molar-refractivity contribution in [1.29, 1.82) is 0 Å². The zero-order valence-electron chi connectivity index (χ0n) is 10.9. The molecule has 1 aromatic carbocycles. The van der Waals surface area contributed by atoms with Gasteiger partial charge in [-0.2, -0.15) is 0 Å². The van der Waals surface area contributed by atoms with Crippen LogP contribution in [0.25, 0.3) is 0 Å². The van der Waals surface area contributed by atoms with Gasteiger partial charge in [-0.05, 0) is 31.0 Å². The molecule has 20 heavy (non-hydrogen) atoms. The Morgan fingerprint density at radius 3 is 2.50 bits per heavy atom. The van der Waals surface area contributed by atoms with Crippen LogP contribution in [0, 0.1) is 5.82 Å². The lowest BCUT2D eigenvalue weighted by Crippen LogP contribution is -2.42. The van der Waals surface area contributed by atoms with Gasteiger partial charge in [0, 0.05) is 11.1 Å². The number of carbonyl (C=O) groups is 2. The lowest BCUT2D eigenvalue weighted by molar-refractivity contribution is -0.136. The molecule has 2 amide bonds. The predicted octanol–water partition coefficient (Wildman–Crippen LogP) is 2.87. The lowest BCUT2D eigenvalue weighted by atomic mass is 9.95. The van der Waals surface area contributed by atoms with Crippen molar-refractivity contribution in [2.24, 2.45) is 0 Å². The first-order valence-corrected chi connectivity index (χ1v) is 7.01. The average molecular weight is 299 g/mol. The maximum absolute atomic E-state index is 13.5. The van der Waals surface area contributed by atoms with Crippen LogP contribution in [0.5, 0.6) is 0 Å². The van der Waals surface area contributed by atoms with E-state index in [-0.39, 0.29) is 16.8 Å². The zero-order chi connectivity index (χ0) is 14.5. The zero-order valence-corrected chi connectivity index (χ0v) is 11.7. The van der Waals surface area contributed by atoms with Crippen molar-refractivity contribution in [3.05, 3.63) is 29.0 Å². The normalized spacial score (nSPS) is 15.7. The summed E-state index contributed by atoms with van der Waals surface area (Å²) in [6, 6.07) is 3.89. The number of nitrogens with one attached hydrogen (secondary N) is 2. The first-order chi connectivity index (χ1) is 9.56. The van der Waals surface area contributed by atoms with Crippen molar-refractivity contribution >= 4 is 29.1 Å². The van der Waals surface area contributed by atoms with Crippen LogP contribution in [0.1, 0.15) is 32.1 Å². The molecule has 0 spiro atoms. The molecule has 0 heterocycles. The first kappa shape index (κ1) is 14.8. The Balaban J connectivity index is 1.91. The number of benzene rings is 1. The van der Waals surface area contributed by atoms with Crippen LogP contribution < -0.4 is 10.6 Å². The molecule has 0 aromatic heterocycles. The molecule has 4 nitrogen and oxygen atoms in total. The van der Waals surface area contributed by atoms with E-state index in [1.165, 1.54) is 12.1 Å². The molecule has 2 rings (SSSR count). The first-order valence-electron chi connectivity index (χ1n) is 6.63. The summed E-state index contributed by atoms with van der Waals surface area (Å²) in [5, 5.41) is 5.14. The van der Waals surface area contributed by atoms with Gasteiger partial charge in [-0.3, -0.25) is 9.59 Å². The third-order valence-electron chi connectivity index (χ3n) is 3.33. The number of carbonyl (C=O) groups excluding carboxylic acids is 2. The van der Waals surface area contributed by atoms with Gasteiger partial charge in [0.2, 0.25) is 0 Å². The number of hydrogen-bond donors (Lipinski definition) is 2. The van der Waals surface area contributed by atoms with Gasteiger partial charge in [-0.25, -0.2) is 4.39 Å². The van der Waals surface area contributed by atoms with Gasteiger partial charge in [0.25, 0.3) is 0 Å². The minimum Gasteiger partial charge on any atom is -0.345 e. The Morgan fingerprint density at radius 2 is 1.85 bits per heavy atom. The summed E-state index contributed by atoms with van der Waals surface area (Å²) in [5.41, 5.74) is -0.0572. The second-order valence-corrected chi connectivity index (χ2v) is 5.32. The molecule has 0 unspecified atom stereocenters. The van der Waals surface area contributed by atoms with Gasteiger partial charge in [0.05, 0.1) is 5.69 Å². The summed E-state index contributed by atoms with van der Waals surface area (Å²) in [5.74, 6) is -2.26. The third-order valence-corrected chi connectivity index (χ3v) is 3.56. The molecule has 0 saturated heterocycles. The summed E-state index contributed by atoms with van der Waals surface area (Å²) in [7, 11) is 0. The SMILES string of the molecule is O=C(Nc1ccc(Cl)cc1F)C(=O)NC1CCCCC1. The largest absolute Gasteiger partial charge is 0.345 e. The summed E-state index contributed by atoms with van der Waals surface area (Å²) in [6.07, 6.45) is 5.04. The number of amides is 2. The lowest BCUT2D eigenvalue weighted by Gasteiger charge is -2.22. The second kappa shape index (κ2) is 6.70. The van der Waals surface area contributed by atoms with Gasteiger partial charge in [0.1, 0.15) is 5.82 Å². The smallest absolute Gasteiger partial charge is 0.313 e. The minimum atomic E-state index is -0.864. The molecule has 1 saturated carbocycles. The molecule has 1 aliphatic carbocycles. The van der Waals surface area contributed by atoms with Crippen LogP contribution in [-0.4, -0.2) is 17.9 Å². The van der Waals surface area contributed by atoms with Crippen LogP contribution >= 0.6 is 11.6 Å². The monoisotopic (exact) mass is 298 g/mol. The van der Waals surface area contributed by atoms with Gasteiger partial charge in [-0.15, -0.1) is 0 Å². The summed E-state index contributed by atoms with van der Waals surface area (Å²) < 4.78 is 13.5. The third kappa shape index (κ3) is 3.93. The van der Waals surface area contributed by atoms with E-state index in [4.69, 9.17) is 11.6 Å². The fourth-order valence-corrected chi connectivity index (χ4v) is 2.43. The quantitative estimate of drug-likeness (QED) is 0.825. The van der Waals surface area contributed by atoms with Gasteiger partial charge in [0.15, 0.2) is 0 Å². The van der Waals surface area contributed by atoms with Gasteiger partial charge in [-0.1, -0.05) is 30.9 Å². The molecule has 1 aromatic rings. The second-order valence-electron chi connectivity index (χ2n) is 4.89. The molecule has 2 N–H and O–H groups in total. The van der Waals surface area contributed by atoms with E-state index < -0.39 is 17.6 Å². The Bertz CT molecular complexity index is 516. The molecule has 1 aliphatic rings. The van der Waals surface area contributed by atoms with E-state index in [0.29, 0.717) is 0 Å². The highest BCUT2D eigenvalue weighted by Gasteiger charge is 2.21. The van der Waals surface area contributed by atoms with Crippen LogP contribution in [0.2, 0.25) is 5.02 Å². The van der Waals surface area contributed by atoms with Crippen LogP contribution in [0.4, 0.5) is 10.1 Å². The Morgan fingerprint density at radius 1 is 1.15 bits per heavy atom. The topological polar surface area (TPSA) is 58.2 Å². The number of hydrogen-bond acceptors (Lipinski definition) is 2. The van der Waals surface area contributed by atoms with Gasteiger partial charge >= 0.3 is 11.8 Å². The van der Waals surface area contributed by atoms with E-state index in [1.54, 1.807) is 0 Å². The average Bonchev–Trinajstić information content (AvgIpc) is 2.43. The number of halogens is 2. The van der Waals surface area contributed by atoms with Crippen molar-refractivity contribution in [2.75, 3.05) is 5.32 Å². The molecule has 1 fully saturated rings. The minimum absolute atomic E-state index is 0.0389. The van der Waals surface area contributed by atoms with E-state index in [0.717, 1.165) is 38.2 Å². The maximum Gasteiger partial charge on any atom is 0.313 e. The molecule has 0 aliphatic heterocycles. The highest BCUT2D eigenvalue weighted by Crippen LogP contribution is 2.19. The molecular weight excluding hydrogens is 283 g/mol. The highest BCUT2D eigenvalue weighted by molar-refractivity contribution is 6.39. The molecular formula is C14H16ClFN2O2. The van der Waals surface area contributed by atoms with Crippen LogP contribution in [0.3, 0.4) is 0 Å². The Hall–Kier alpha value is -1.62. The predicted molar refractivity (Wildman–Crippen MR) is 75.1 cm³/mol. The van der Waals surface area contributed by atoms with E-state index >= 15 is 0 Å². The van der Waals surface area contributed by atoms with Crippen molar-refractivity contribution < 1.29 is 14.0 Å². The maximum atomic E-state index is 13.5. The molecule has 0 radical (unpaired) electrons.